The van der Waals surface area contributed by atoms with Crippen LogP contribution in [0, 0.1) is 28.9 Å². The summed E-state index contributed by atoms with van der Waals surface area (Å²) in [4.78, 5) is 31.9. The molecule has 1 aromatic carbocycles. The molecule has 0 saturated carbocycles. The minimum atomic E-state index is -0.545. The van der Waals surface area contributed by atoms with E-state index in [2.05, 4.69) is 5.29 Å². The lowest BCUT2D eigenvalue weighted by Gasteiger charge is -2.14. The minimum Gasteiger partial charge on any atom is -0.273 e. The molecule has 0 aliphatic heterocycles. The molecule has 0 bridgehead atoms. The quantitative estimate of drug-likeness (QED) is 0.457. The summed E-state index contributed by atoms with van der Waals surface area (Å²) in [6, 6.07) is 2.71. The molecular formula is C10H11N3O4. The number of carbonyl (C=O) groups is 1. The van der Waals surface area contributed by atoms with Gasteiger partial charge in [0.2, 0.25) is 5.91 Å². The number of nitroso groups, excluding NO2 is 1. The van der Waals surface area contributed by atoms with Crippen LogP contribution < -0.4 is 5.01 Å². The van der Waals surface area contributed by atoms with Gasteiger partial charge in [-0.15, -0.1) is 4.91 Å². The minimum absolute atomic E-state index is 0.0550. The van der Waals surface area contributed by atoms with E-state index < -0.39 is 10.8 Å². The molecule has 0 heterocycles. The monoisotopic (exact) mass is 237 g/mol. The molecule has 0 aliphatic carbocycles. The Morgan fingerprint density at radius 2 is 1.94 bits per heavy atom. The zero-order valence-corrected chi connectivity index (χ0v) is 9.63. The van der Waals surface area contributed by atoms with Crippen molar-refractivity contribution in [1.82, 2.24) is 0 Å². The van der Waals surface area contributed by atoms with Gasteiger partial charge in [-0.1, -0.05) is 0 Å². The van der Waals surface area contributed by atoms with Crippen LogP contribution in [0.25, 0.3) is 0 Å². The Morgan fingerprint density at radius 1 is 1.35 bits per heavy atom. The molecule has 1 rings (SSSR count). The second-order valence-corrected chi connectivity index (χ2v) is 3.59. The van der Waals surface area contributed by atoms with E-state index in [1.54, 1.807) is 6.92 Å². The summed E-state index contributed by atoms with van der Waals surface area (Å²) < 4.78 is 0. The molecule has 1 amide bonds. The lowest BCUT2D eigenvalue weighted by Crippen LogP contribution is -2.22. The maximum absolute atomic E-state index is 11.2. The van der Waals surface area contributed by atoms with Gasteiger partial charge in [-0.25, -0.2) is 0 Å². The Balaban J connectivity index is 3.38. The maximum Gasteiger partial charge on any atom is 0.272 e. The molecule has 0 saturated heterocycles. The van der Waals surface area contributed by atoms with Crippen LogP contribution in [0.15, 0.2) is 17.4 Å². The van der Waals surface area contributed by atoms with Gasteiger partial charge in [0, 0.05) is 18.6 Å². The highest BCUT2D eigenvalue weighted by Crippen LogP contribution is 2.28. The number of hydrogen-bond donors (Lipinski definition) is 0. The first-order chi connectivity index (χ1) is 7.88. The van der Waals surface area contributed by atoms with Crippen molar-refractivity contribution >= 4 is 17.3 Å². The molecule has 0 N–H and O–H groups in total. The molecule has 1 aromatic rings. The van der Waals surface area contributed by atoms with Gasteiger partial charge in [0.05, 0.1) is 15.9 Å². The van der Waals surface area contributed by atoms with Crippen LogP contribution in [-0.2, 0) is 4.79 Å². The topological polar surface area (TPSA) is 92.9 Å². The van der Waals surface area contributed by atoms with Gasteiger partial charge < -0.3 is 0 Å². The Labute approximate surface area is 97.1 Å². The van der Waals surface area contributed by atoms with E-state index in [-0.39, 0.29) is 11.4 Å². The largest absolute Gasteiger partial charge is 0.273 e. The third-order valence-electron chi connectivity index (χ3n) is 2.32. The molecule has 0 radical (unpaired) electrons. The molecule has 0 spiro atoms. The summed E-state index contributed by atoms with van der Waals surface area (Å²) in [6.45, 7) is 4.30. The lowest BCUT2D eigenvalue weighted by molar-refractivity contribution is -0.385. The molecule has 17 heavy (non-hydrogen) atoms. The van der Waals surface area contributed by atoms with Crippen LogP contribution in [0.1, 0.15) is 18.1 Å². The van der Waals surface area contributed by atoms with Gasteiger partial charge in [-0.2, -0.15) is 5.01 Å². The Kier molecular flexibility index (Phi) is 3.52. The highest BCUT2D eigenvalue weighted by atomic mass is 16.6. The fraction of sp³-hybridized carbons (Fsp3) is 0.300. The van der Waals surface area contributed by atoms with E-state index in [9.17, 15) is 19.8 Å². The number of nitrogens with zero attached hydrogens (tertiary/aromatic N) is 3. The van der Waals surface area contributed by atoms with E-state index >= 15 is 0 Å². The smallest absolute Gasteiger partial charge is 0.272 e. The average molecular weight is 237 g/mol. The third-order valence-corrected chi connectivity index (χ3v) is 2.32. The third kappa shape index (κ3) is 2.44. The van der Waals surface area contributed by atoms with Crippen molar-refractivity contribution in [1.29, 1.82) is 0 Å². The van der Waals surface area contributed by atoms with Crippen molar-refractivity contribution in [3.8, 4) is 0 Å². The lowest BCUT2D eigenvalue weighted by atomic mass is 10.1. The Bertz CT molecular complexity index is 499. The first kappa shape index (κ1) is 12.8. The van der Waals surface area contributed by atoms with Crippen molar-refractivity contribution < 1.29 is 9.72 Å². The normalized spacial score (nSPS) is 9.82. The summed E-state index contributed by atoms with van der Waals surface area (Å²) in [7, 11) is 0. The SMILES string of the molecule is CC(=O)N(N=O)c1cc(C)c([N+](=O)[O-])cc1C. The van der Waals surface area contributed by atoms with Crippen LogP contribution in [0.2, 0.25) is 0 Å². The summed E-state index contributed by atoms with van der Waals surface area (Å²) in [6.07, 6.45) is 0. The van der Waals surface area contributed by atoms with E-state index in [1.165, 1.54) is 26.0 Å². The van der Waals surface area contributed by atoms with Gasteiger partial charge in [0.1, 0.15) is 0 Å². The number of nitro benzene ring substituents is 1. The van der Waals surface area contributed by atoms with E-state index in [0.29, 0.717) is 16.1 Å². The number of aryl methyl sites for hydroxylation is 2. The van der Waals surface area contributed by atoms with Gasteiger partial charge in [-0.05, 0) is 25.5 Å². The van der Waals surface area contributed by atoms with Crippen molar-refractivity contribution in [3.63, 3.8) is 0 Å². The number of nitro groups is 1. The Hall–Kier alpha value is -2.31. The van der Waals surface area contributed by atoms with E-state index in [1.807, 2.05) is 0 Å². The average Bonchev–Trinajstić information content (AvgIpc) is 2.22. The number of rotatable bonds is 3. The van der Waals surface area contributed by atoms with Gasteiger partial charge >= 0.3 is 0 Å². The van der Waals surface area contributed by atoms with Gasteiger partial charge in [-0.3, -0.25) is 14.9 Å². The van der Waals surface area contributed by atoms with Crippen LogP contribution >= 0.6 is 0 Å². The standard InChI is InChI=1S/C10H11N3O4/c1-6-5-10(13(16)17)7(2)4-9(6)12(11-15)8(3)14/h4-5H,1-3H3. The van der Waals surface area contributed by atoms with Crippen LogP contribution in [0.5, 0.6) is 0 Å². The van der Waals surface area contributed by atoms with E-state index in [4.69, 9.17) is 0 Å². The summed E-state index contributed by atoms with van der Waals surface area (Å²) in [5, 5.41) is 14.0. The second-order valence-electron chi connectivity index (χ2n) is 3.59. The van der Waals surface area contributed by atoms with Gasteiger partial charge in [0.25, 0.3) is 5.69 Å². The maximum atomic E-state index is 11.2. The van der Waals surface area contributed by atoms with Crippen molar-refractivity contribution in [2.75, 3.05) is 5.01 Å². The van der Waals surface area contributed by atoms with Crippen molar-refractivity contribution in [2.24, 2.45) is 5.29 Å². The molecule has 90 valence electrons. The molecule has 0 aromatic heterocycles. The second kappa shape index (κ2) is 4.69. The fourth-order valence-corrected chi connectivity index (χ4v) is 1.48. The highest BCUT2D eigenvalue weighted by molar-refractivity contribution is 5.91. The number of carbonyl (C=O) groups excluding carboxylic acids is 1. The fourth-order valence-electron chi connectivity index (χ4n) is 1.48. The van der Waals surface area contributed by atoms with Crippen molar-refractivity contribution in [2.45, 2.75) is 20.8 Å². The zero-order chi connectivity index (χ0) is 13.2. The number of anilines is 1. The number of benzene rings is 1. The highest BCUT2D eigenvalue weighted by Gasteiger charge is 2.19. The van der Waals surface area contributed by atoms with Crippen LogP contribution in [0.3, 0.4) is 0 Å². The molecule has 0 atom stereocenters. The summed E-state index contributed by atoms with van der Waals surface area (Å²) in [5.74, 6) is -0.545. The van der Waals surface area contributed by atoms with Gasteiger partial charge in [0.15, 0.2) is 0 Å². The summed E-state index contributed by atoms with van der Waals surface area (Å²) in [5.41, 5.74) is 1.01. The predicted octanol–water partition coefficient (Wildman–Crippen LogP) is 2.25. The number of hydrogen-bond acceptors (Lipinski definition) is 5. The van der Waals surface area contributed by atoms with Crippen LogP contribution in [-0.4, -0.2) is 10.8 Å². The van der Waals surface area contributed by atoms with Crippen LogP contribution in [0.4, 0.5) is 11.4 Å². The first-order valence-electron chi connectivity index (χ1n) is 4.78. The first-order valence-corrected chi connectivity index (χ1v) is 4.78. The molecule has 7 heteroatoms. The molecule has 0 fully saturated rings. The Morgan fingerprint density at radius 3 is 2.35 bits per heavy atom. The molecule has 0 aliphatic rings. The molecule has 0 unspecified atom stereocenters. The zero-order valence-electron chi connectivity index (χ0n) is 9.63. The predicted molar refractivity (Wildman–Crippen MR) is 61.5 cm³/mol. The molecule has 7 nitrogen and oxygen atoms in total. The number of amides is 1. The van der Waals surface area contributed by atoms with E-state index in [0.717, 1.165) is 0 Å². The molecular weight excluding hydrogens is 226 g/mol. The summed E-state index contributed by atoms with van der Waals surface area (Å²) >= 11 is 0. The van der Waals surface area contributed by atoms with Crippen molar-refractivity contribution in [3.05, 3.63) is 38.3 Å².